The average molecular weight is 326 g/mol. The van der Waals surface area contributed by atoms with Crippen LogP contribution in [0.2, 0.25) is 0 Å². The van der Waals surface area contributed by atoms with Gasteiger partial charge in [0.25, 0.3) is 5.91 Å². The molecule has 2 aromatic rings. The van der Waals surface area contributed by atoms with E-state index in [4.69, 9.17) is 4.42 Å². The monoisotopic (exact) mass is 326 g/mol. The number of carbonyl (C=O) groups is 2. The molecule has 1 aliphatic rings. The molecule has 1 N–H and O–H groups in total. The molecule has 0 aliphatic heterocycles. The zero-order chi connectivity index (χ0) is 17.5. The molecule has 2 heterocycles. The Hall–Kier alpha value is -2.43. The van der Waals surface area contributed by atoms with Gasteiger partial charge in [-0.2, -0.15) is 0 Å². The standard InChI is InChI=1S/C19H22N2O3/c1-11-16-14(22)9-19(3,4)10-15(16)24-17(11)18(23)21-12(2)13-7-5-6-8-20-13/h5-8,12H,9-10H2,1-4H3,(H,21,23)/t12-/m0/s1. The van der Waals surface area contributed by atoms with Crippen LogP contribution in [0.3, 0.4) is 0 Å². The Labute approximate surface area is 141 Å². The van der Waals surface area contributed by atoms with Gasteiger partial charge in [0.2, 0.25) is 0 Å². The number of pyridine rings is 1. The zero-order valence-electron chi connectivity index (χ0n) is 14.5. The van der Waals surface area contributed by atoms with E-state index in [1.165, 1.54) is 0 Å². The van der Waals surface area contributed by atoms with Crippen LogP contribution < -0.4 is 5.32 Å². The SMILES string of the molecule is Cc1c(C(=O)N[C@@H](C)c2ccccn2)oc2c1C(=O)CC(C)(C)C2. The number of carbonyl (C=O) groups excluding carboxylic acids is 2. The topological polar surface area (TPSA) is 72.2 Å². The average Bonchev–Trinajstić information content (AvgIpc) is 2.83. The van der Waals surface area contributed by atoms with Crippen LogP contribution in [0.5, 0.6) is 0 Å². The molecule has 126 valence electrons. The van der Waals surface area contributed by atoms with Gasteiger partial charge in [-0.05, 0) is 31.4 Å². The number of aromatic nitrogens is 1. The summed E-state index contributed by atoms with van der Waals surface area (Å²) in [5.74, 6) is 0.600. The molecule has 1 amide bonds. The normalized spacial score (nSPS) is 17.2. The van der Waals surface area contributed by atoms with Gasteiger partial charge >= 0.3 is 0 Å². The second kappa shape index (κ2) is 5.89. The highest BCUT2D eigenvalue weighted by atomic mass is 16.4. The molecule has 3 rings (SSSR count). The Bertz CT molecular complexity index is 790. The molecular weight excluding hydrogens is 304 g/mol. The summed E-state index contributed by atoms with van der Waals surface area (Å²) in [5, 5.41) is 2.89. The molecule has 1 aliphatic carbocycles. The van der Waals surface area contributed by atoms with Crippen molar-refractivity contribution in [2.24, 2.45) is 5.41 Å². The summed E-state index contributed by atoms with van der Waals surface area (Å²) in [6.07, 6.45) is 2.83. The van der Waals surface area contributed by atoms with Crippen LogP contribution >= 0.6 is 0 Å². The van der Waals surface area contributed by atoms with Crippen molar-refractivity contribution in [1.29, 1.82) is 0 Å². The minimum absolute atomic E-state index is 0.0549. The highest BCUT2D eigenvalue weighted by Gasteiger charge is 2.37. The van der Waals surface area contributed by atoms with Crippen LogP contribution in [0, 0.1) is 12.3 Å². The zero-order valence-corrected chi connectivity index (χ0v) is 14.5. The molecule has 0 saturated heterocycles. The van der Waals surface area contributed by atoms with Crippen LogP contribution in [-0.2, 0) is 6.42 Å². The molecule has 0 aromatic carbocycles. The van der Waals surface area contributed by atoms with Crippen molar-refractivity contribution in [3.63, 3.8) is 0 Å². The number of Topliss-reactive ketones (excluding diaryl/α,β-unsaturated/α-hetero) is 1. The molecule has 0 fully saturated rings. The molecule has 0 spiro atoms. The number of nitrogens with zero attached hydrogens (tertiary/aromatic N) is 1. The van der Waals surface area contributed by atoms with Crippen molar-refractivity contribution < 1.29 is 14.0 Å². The van der Waals surface area contributed by atoms with Gasteiger partial charge in [-0.15, -0.1) is 0 Å². The van der Waals surface area contributed by atoms with Gasteiger partial charge in [0, 0.05) is 24.6 Å². The minimum Gasteiger partial charge on any atom is -0.455 e. The maximum absolute atomic E-state index is 12.6. The van der Waals surface area contributed by atoms with E-state index in [9.17, 15) is 9.59 Å². The van der Waals surface area contributed by atoms with Crippen molar-refractivity contribution >= 4 is 11.7 Å². The van der Waals surface area contributed by atoms with Gasteiger partial charge in [0.05, 0.1) is 17.3 Å². The predicted molar refractivity (Wildman–Crippen MR) is 90.0 cm³/mol. The van der Waals surface area contributed by atoms with E-state index in [-0.39, 0.29) is 28.9 Å². The fourth-order valence-electron chi connectivity index (χ4n) is 3.27. The molecule has 2 aromatic heterocycles. The summed E-state index contributed by atoms with van der Waals surface area (Å²) < 4.78 is 5.79. The Kier molecular flexibility index (Phi) is 4.03. The lowest BCUT2D eigenvalue weighted by Gasteiger charge is -2.27. The first-order valence-electron chi connectivity index (χ1n) is 8.16. The third-order valence-electron chi connectivity index (χ3n) is 4.46. The number of hydrogen-bond donors (Lipinski definition) is 1. The highest BCUT2D eigenvalue weighted by molar-refractivity contribution is 6.03. The van der Waals surface area contributed by atoms with Crippen LogP contribution in [0.15, 0.2) is 28.8 Å². The molecule has 0 unspecified atom stereocenters. The van der Waals surface area contributed by atoms with Crippen molar-refractivity contribution in [3.8, 4) is 0 Å². The third kappa shape index (κ3) is 2.98. The number of fused-ring (bicyclic) bond motifs is 1. The van der Waals surface area contributed by atoms with Gasteiger partial charge in [0.1, 0.15) is 5.76 Å². The lowest BCUT2D eigenvalue weighted by Crippen LogP contribution is -2.27. The largest absolute Gasteiger partial charge is 0.455 e. The van der Waals surface area contributed by atoms with E-state index in [1.807, 2.05) is 39.0 Å². The Balaban J connectivity index is 1.86. The van der Waals surface area contributed by atoms with E-state index >= 15 is 0 Å². The van der Waals surface area contributed by atoms with Gasteiger partial charge < -0.3 is 9.73 Å². The highest BCUT2D eigenvalue weighted by Crippen LogP contribution is 2.38. The van der Waals surface area contributed by atoms with E-state index in [0.717, 1.165) is 5.69 Å². The lowest BCUT2D eigenvalue weighted by molar-refractivity contribution is 0.0883. The Morgan fingerprint density at radius 1 is 1.33 bits per heavy atom. The summed E-state index contributed by atoms with van der Waals surface area (Å²) in [6, 6.07) is 5.32. The van der Waals surface area contributed by atoms with Gasteiger partial charge in [-0.25, -0.2) is 0 Å². The number of furan rings is 1. The van der Waals surface area contributed by atoms with Gasteiger partial charge in [0.15, 0.2) is 11.5 Å². The quantitative estimate of drug-likeness (QED) is 0.935. The Morgan fingerprint density at radius 2 is 2.08 bits per heavy atom. The third-order valence-corrected chi connectivity index (χ3v) is 4.46. The predicted octanol–water partition coefficient (Wildman–Crippen LogP) is 3.63. The smallest absolute Gasteiger partial charge is 0.287 e. The number of rotatable bonds is 3. The molecule has 24 heavy (non-hydrogen) atoms. The number of hydrogen-bond acceptors (Lipinski definition) is 4. The maximum atomic E-state index is 12.6. The molecule has 1 atom stereocenters. The summed E-state index contributed by atoms with van der Waals surface area (Å²) in [4.78, 5) is 29.2. The fourth-order valence-corrected chi connectivity index (χ4v) is 3.27. The molecule has 5 nitrogen and oxygen atoms in total. The van der Waals surface area contributed by atoms with Crippen molar-refractivity contribution in [2.75, 3.05) is 0 Å². The first kappa shape index (κ1) is 16.4. The van der Waals surface area contributed by atoms with Crippen molar-refractivity contribution in [2.45, 2.75) is 46.6 Å². The summed E-state index contributed by atoms with van der Waals surface area (Å²) in [7, 11) is 0. The summed E-state index contributed by atoms with van der Waals surface area (Å²) in [5.41, 5.74) is 1.86. The first-order valence-corrected chi connectivity index (χ1v) is 8.16. The van der Waals surface area contributed by atoms with E-state index in [0.29, 0.717) is 29.7 Å². The molecule has 0 radical (unpaired) electrons. The van der Waals surface area contributed by atoms with E-state index in [1.54, 1.807) is 13.1 Å². The van der Waals surface area contributed by atoms with Crippen LogP contribution in [-0.4, -0.2) is 16.7 Å². The van der Waals surface area contributed by atoms with E-state index < -0.39 is 0 Å². The van der Waals surface area contributed by atoms with Crippen molar-refractivity contribution in [3.05, 3.63) is 52.7 Å². The van der Waals surface area contributed by atoms with Crippen LogP contribution in [0.25, 0.3) is 0 Å². The van der Waals surface area contributed by atoms with Gasteiger partial charge in [-0.1, -0.05) is 19.9 Å². The minimum atomic E-state index is -0.314. The summed E-state index contributed by atoms with van der Waals surface area (Å²) in [6.45, 7) is 7.72. The van der Waals surface area contributed by atoms with E-state index in [2.05, 4.69) is 10.3 Å². The number of ketones is 1. The number of nitrogens with one attached hydrogen (secondary N) is 1. The lowest BCUT2D eigenvalue weighted by atomic mass is 9.76. The van der Waals surface area contributed by atoms with Crippen molar-refractivity contribution in [1.82, 2.24) is 10.3 Å². The maximum Gasteiger partial charge on any atom is 0.287 e. The fraction of sp³-hybridized carbons (Fsp3) is 0.421. The molecule has 0 saturated carbocycles. The Morgan fingerprint density at radius 3 is 2.75 bits per heavy atom. The second-order valence-corrected chi connectivity index (χ2v) is 7.25. The molecule has 5 heteroatoms. The van der Waals surface area contributed by atoms with Crippen LogP contribution in [0.4, 0.5) is 0 Å². The summed E-state index contributed by atoms with van der Waals surface area (Å²) >= 11 is 0. The van der Waals surface area contributed by atoms with Crippen LogP contribution in [0.1, 0.15) is 71.2 Å². The molecule has 0 bridgehead atoms. The molecular formula is C19H22N2O3. The first-order chi connectivity index (χ1) is 11.3. The van der Waals surface area contributed by atoms with Gasteiger partial charge in [-0.3, -0.25) is 14.6 Å². The second-order valence-electron chi connectivity index (χ2n) is 7.25. The number of amides is 1.